The summed E-state index contributed by atoms with van der Waals surface area (Å²) < 4.78 is 5.38. The van der Waals surface area contributed by atoms with Crippen molar-refractivity contribution in [2.45, 2.75) is 26.3 Å². The summed E-state index contributed by atoms with van der Waals surface area (Å²) in [5.74, 6) is 0.978. The minimum absolute atomic E-state index is 0.196. The molecule has 0 bridgehead atoms. The van der Waals surface area contributed by atoms with Gasteiger partial charge in [0.25, 0.3) is 0 Å². The molecule has 0 aliphatic rings. The zero-order valence-corrected chi connectivity index (χ0v) is 10.5. The lowest BCUT2D eigenvalue weighted by atomic mass is 10.0. The summed E-state index contributed by atoms with van der Waals surface area (Å²) >= 11 is 0. The summed E-state index contributed by atoms with van der Waals surface area (Å²) in [6.07, 6.45) is 4.44. The van der Waals surface area contributed by atoms with Crippen molar-refractivity contribution in [3.8, 4) is 0 Å². The lowest BCUT2D eigenvalue weighted by molar-refractivity contribution is 0.460. The lowest BCUT2D eigenvalue weighted by Crippen LogP contribution is -2.21. The van der Waals surface area contributed by atoms with Crippen molar-refractivity contribution in [3.05, 3.63) is 53.2 Å². The quantitative estimate of drug-likeness (QED) is 0.877. The van der Waals surface area contributed by atoms with E-state index in [4.69, 9.17) is 4.42 Å². The van der Waals surface area contributed by atoms with E-state index in [1.54, 1.807) is 6.26 Å². The molecule has 2 heterocycles. The van der Waals surface area contributed by atoms with E-state index >= 15 is 0 Å². The Labute approximate surface area is 102 Å². The molecular weight excluding hydrogens is 212 g/mol. The van der Waals surface area contributed by atoms with E-state index in [-0.39, 0.29) is 6.04 Å². The van der Waals surface area contributed by atoms with E-state index in [1.807, 2.05) is 25.4 Å². The van der Waals surface area contributed by atoms with Gasteiger partial charge in [-0.15, -0.1) is 0 Å². The summed E-state index contributed by atoms with van der Waals surface area (Å²) in [4.78, 5) is 4.53. The predicted molar refractivity (Wildman–Crippen MR) is 67.9 cm³/mol. The molecule has 0 fully saturated rings. The first-order valence-electron chi connectivity index (χ1n) is 5.83. The van der Waals surface area contributed by atoms with Gasteiger partial charge in [0.15, 0.2) is 0 Å². The van der Waals surface area contributed by atoms with E-state index < -0.39 is 0 Å². The first-order chi connectivity index (χ1) is 8.20. The molecule has 17 heavy (non-hydrogen) atoms. The van der Waals surface area contributed by atoms with Gasteiger partial charge in [-0.3, -0.25) is 4.98 Å². The van der Waals surface area contributed by atoms with Crippen LogP contribution < -0.4 is 5.32 Å². The number of pyridine rings is 1. The van der Waals surface area contributed by atoms with Gasteiger partial charge in [0.2, 0.25) is 0 Å². The van der Waals surface area contributed by atoms with Crippen molar-refractivity contribution in [2.24, 2.45) is 0 Å². The van der Waals surface area contributed by atoms with E-state index in [2.05, 4.69) is 30.2 Å². The third-order valence-corrected chi connectivity index (χ3v) is 2.92. The molecule has 3 nitrogen and oxygen atoms in total. The van der Waals surface area contributed by atoms with Gasteiger partial charge in [-0.2, -0.15) is 0 Å². The molecule has 0 spiro atoms. The maximum Gasteiger partial charge on any atom is 0.105 e. The Morgan fingerprint density at radius 1 is 1.41 bits per heavy atom. The van der Waals surface area contributed by atoms with Crippen LogP contribution in [0.2, 0.25) is 0 Å². The van der Waals surface area contributed by atoms with Gasteiger partial charge in [0.1, 0.15) is 5.76 Å². The molecule has 1 unspecified atom stereocenters. The number of rotatable bonds is 4. The predicted octanol–water partition coefficient (Wildman–Crippen LogP) is 2.79. The highest BCUT2D eigenvalue weighted by Gasteiger charge is 2.15. The molecule has 0 aliphatic carbocycles. The second kappa shape index (κ2) is 5.15. The van der Waals surface area contributed by atoms with Crippen molar-refractivity contribution < 1.29 is 4.42 Å². The van der Waals surface area contributed by atoms with Crippen molar-refractivity contribution in [2.75, 3.05) is 7.05 Å². The summed E-state index contributed by atoms with van der Waals surface area (Å²) in [7, 11) is 1.95. The number of hydrogen-bond acceptors (Lipinski definition) is 3. The Hall–Kier alpha value is -1.61. The molecular formula is C14H18N2O. The Bertz CT molecular complexity index is 477. The Kier molecular flexibility index (Phi) is 3.59. The van der Waals surface area contributed by atoms with Crippen molar-refractivity contribution in [1.29, 1.82) is 0 Å². The van der Waals surface area contributed by atoms with Crippen LogP contribution in [0, 0.1) is 13.8 Å². The minimum Gasteiger partial charge on any atom is -0.469 e. The van der Waals surface area contributed by atoms with Crippen LogP contribution in [0.4, 0.5) is 0 Å². The van der Waals surface area contributed by atoms with Gasteiger partial charge in [-0.1, -0.05) is 6.07 Å². The zero-order valence-electron chi connectivity index (χ0n) is 10.5. The SMILES string of the molecule is CNC(Cc1ccco1)c1ncc(C)cc1C. The first-order valence-corrected chi connectivity index (χ1v) is 5.83. The molecule has 1 atom stereocenters. The topological polar surface area (TPSA) is 38.1 Å². The third kappa shape index (κ3) is 2.74. The molecule has 0 aromatic carbocycles. The Morgan fingerprint density at radius 3 is 2.82 bits per heavy atom. The van der Waals surface area contributed by atoms with E-state index in [9.17, 15) is 0 Å². The van der Waals surface area contributed by atoms with Gasteiger partial charge in [0, 0.05) is 12.6 Å². The van der Waals surface area contributed by atoms with Crippen LogP contribution in [-0.4, -0.2) is 12.0 Å². The van der Waals surface area contributed by atoms with Crippen LogP contribution >= 0.6 is 0 Å². The molecule has 2 aromatic rings. The molecule has 2 rings (SSSR count). The average Bonchev–Trinajstić information content (AvgIpc) is 2.79. The van der Waals surface area contributed by atoms with Gasteiger partial charge in [-0.25, -0.2) is 0 Å². The summed E-state index contributed by atoms with van der Waals surface area (Å²) in [6, 6.07) is 6.27. The fourth-order valence-corrected chi connectivity index (χ4v) is 2.06. The number of likely N-dealkylation sites (N-methyl/N-ethyl adjacent to an activating group) is 1. The number of hydrogen-bond donors (Lipinski definition) is 1. The number of aromatic nitrogens is 1. The highest BCUT2D eigenvalue weighted by molar-refractivity contribution is 5.26. The molecule has 0 aliphatic heterocycles. The van der Waals surface area contributed by atoms with E-state index in [1.165, 1.54) is 11.1 Å². The van der Waals surface area contributed by atoms with Crippen LogP contribution in [0.1, 0.15) is 28.6 Å². The largest absolute Gasteiger partial charge is 0.469 e. The van der Waals surface area contributed by atoms with Crippen molar-refractivity contribution >= 4 is 0 Å². The van der Waals surface area contributed by atoms with Gasteiger partial charge in [-0.05, 0) is 44.2 Å². The molecule has 2 aromatic heterocycles. The highest BCUT2D eigenvalue weighted by atomic mass is 16.3. The maximum atomic E-state index is 5.38. The molecule has 0 radical (unpaired) electrons. The fraction of sp³-hybridized carbons (Fsp3) is 0.357. The first kappa shape index (κ1) is 11.9. The van der Waals surface area contributed by atoms with Crippen LogP contribution in [0.15, 0.2) is 35.1 Å². The van der Waals surface area contributed by atoms with Crippen LogP contribution in [0.3, 0.4) is 0 Å². The van der Waals surface area contributed by atoms with Crippen molar-refractivity contribution in [1.82, 2.24) is 10.3 Å². The smallest absolute Gasteiger partial charge is 0.105 e. The van der Waals surface area contributed by atoms with Crippen LogP contribution in [0.5, 0.6) is 0 Å². The second-order valence-electron chi connectivity index (χ2n) is 4.34. The van der Waals surface area contributed by atoms with Gasteiger partial charge < -0.3 is 9.73 Å². The highest BCUT2D eigenvalue weighted by Crippen LogP contribution is 2.20. The number of nitrogens with zero attached hydrogens (tertiary/aromatic N) is 1. The molecule has 0 saturated carbocycles. The maximum absolute atomic E-state index is 5.38. The van der Waals surface area contributed by atoms with E-state index in [0.717, 1.165) is 17.9 Å². The molecule has 0 saturated heterocycles. The Morgan fingerprint density at radius 2 is 2.24 bits per heavy atom. The number of aryl methyl sites for hydroxylation is 2. The second-order valence-corrected chi connectivity index (χ2v) is 4.34. The minimum atomic E-state index is 0.196. The van der Waals surface area contributed by atoms with Crippen LogP contribution in [0.25, 0.3) is 0 Å². The Balaban J connectivity index is 2.23. The van der Waals surface area contributed by atoms with Gasteiger partial charge >= 0.3 is 0 Å². The molecule has 90 valence electrons. The fourth-order valence-electron chi connectivity index (χ4n) is 2.06. The standard InChI is InChI=1S/C14H18N2O/c1-10-7-11(2)14(16-9-10)13(15-3)8-12-5-4-6-17-12/h4-7,9,13,15H,8H2,1-3H3. The lowest BCUT2D eigenvalue weighted by Gasteiger charge is -2.16. The number of furan rings is 1. The number of nitrogens with one attached hydrogen (secondary N) is 1. The van der Waals surface area contributed by atoms with Crippen LogP contribution in [-0.2, 0) is 6.42 Å². The average molecular weight is 230 g/mol. The monoisotopic (exact) mass is 230 g/mol. The zero-order chi connectivity index (χ0) is 12.3. The van der Waals surface area contributed by atoms with Gasteiger partial charge in [0.05, 0.1) is 18.0 Å². The normalized spacial score (nSPS) is 12.6. The molecule has 0 amide bonds. The van der Waals surface area contributed by atoms with Crippen molar-refractivity contribution in [3.63, 3.8) is 0 Å². The summed E-state index contributed by atoms with van der Waals surface area (Å²) in [5.41, 5.74) is 3.50. The third-order valence-electron chi connectivity index (χ3n) is 2.92. The summed E-state index contributed by atoms with van der Waals surface area (Å²) in [6.45, 7) is 4.16. The molecule has 1 N–H and O–H groups in total. The summed E-state index contributed by atoms with van der Waals surface area (Å²) in [5, 5.41) is 3.29. The van der Waals surface area contributed by atoms with E-state index in [0.29, 0.717) is 0 Å². The molecule has 3 heteroatoms.